The van der Waals surface area contributed by atoms with E-state index in [0.29, 0.717) is 5.75 Å². The van der Waals surface area contributed by atoms with Crippen molar-refractivity contribution in [3.8, 4) is 5.75 Å². The summed E-state index contributed by atoms with van der Waals surface area (Å²) in [6.45, 7) is 5.44. The first-order chi connectivity index (χ1) is 6.63. The Kier molecular flexibility index (Phi) is 3.29. The molecule has 1 atom stereocenters. The van der Waals surface area contributed by atoms with Crippen molar-refractivity contribution in [2.75, 3.05) is 0 Å². The molecule has 0 amide bonds. The topological polar surface area (TPSA) is 46.5 Å². The van der Waals surface area contributed by atoms with E-state index in [2.05, 4.69) is 6.58 Å². The lowest BCUT2D eigenvalue weighted by atomic mass is 10.2. The molecule has 14 heavy (non-hydrogen) atoms. The van der Waals surface area contributed by atoms with Crippen LogP contribution in [0, 0.1) is 0 Å². The van der Waals surface area contributed by atoms with Crippen molar-refractivity contribution in [2.45, 2.75) is 13.0 Å². The van der Waals surface area contributed by atoms with Gasteiger partial charge in [-0.15, -0.1) is 0 Å². The van der Waals surface area contributed by atoms with E-state index in [1.54, 1.807) is 18.2 Å². The minimum absolute atomic E-state index is 0.0781. The van der Waals surface area contributed by atoms with E-state index in [1.165, 1.54) is 12.1 Å². The van der Waals surface area contributed by atoms with Crippen LogP contribution in [0.25, 0.3) is 0 Å². The molecular weight excluding hydrogens is 180 g/mol. The molecule has 1 rings (SSSR count). The lowest BCUT2D eigenvalue weighted by Crippen LogP contribution is -2.07. The quantitative estimate of drug-likeness (QED) is 0.745. The number of ether oxygens (including phenoxy) is 1. The highest BCUT2D eigenvalue weighted by Gasteiger charge is 2.03. The molecule has 0 saturated carbocycles. The first-order valence-electron chi connectivity index (χ1n) is 4.26. The minimum atomic E-state index is -0.937. The summed E-state index contributed by atoms with van der Waals surface area (Å²) < 4.78 is 5.39. The van der Waals surface area contributed by atoms with Gasteiger partial charge in [0.2, 0.25) is 0 Å². The third kappa shape index (κ3) is 2.62. The Hall–Kier alpha value is -1.77. The molecule has 0 radical (unpaired) electrons. The Bertz CT molecular complexity index is 327. The number of rotatable bonds is 4. The van der Waals surface area contributed by atoms with Gasteiger partial charge in [0.05, 0.1) is 5.56 Å². The maximum atomic E-state index is 10.5. The van der Waals surface area contributed by atoms with Gasteiger partial charge in [0.25, 0.3) is 0 Å². The van der Waals surface area contributed by atoms with Crippen LogP contribution in [0.1, 0.15) is 17.3 Å². The molecule has 1 aromatic rings. The molecule has 0 spiro atoms. The number of carboxylic acids is 1. The van der Waals surface area contributed by atoms with Crippen LogP contribution < -0.4 is 4.74 Å². The fourth-order valence-electron chi connectivity index (χ4n) is 0.939. The van der Waals surface area contributed by atoms with Gasteiger partial charge in [-0.05, 0) is 31.2 Å². The van der Waals surface area contributed by atoms with Crippen molar-refractivity contribution in [1.82, 2.24) is 0 Å². The van der Waals surface area contributed by atoms with Gasteiger partial charge < -0.3 is 9.84 Å². The second kappa shape index (κ2) is 4.46. The molecule has 0 heterocycles. The van der Waals surface area contributed by atoms with Crippen molar-refractivity contribution >= 4 is 5.97 Å². The molecule has 0 fully saturated rings. The fourth-order valence-corrected chi connectivity index (χ4v) is 0.939. The van der Waals surface area contributed by atoms with Crippen molar-refractivity contribution in [2.24, 2.45) is 0 Å². The lowest BCUT2D eigenvalue weighted by molar-refractivity contribution is 0.0697. The molecule has 0 saturated heterocycles. The summed E-state index contributed by atoms with van der Waals surface area (Å²) >= 11 is 0. The second-order valence-corrected chi connectivity index (χ2v) is 2.89. The summed E-state index contributed by atoms with van der Waals surface area (Å²) in [4.78, 5) is 10.5. The van der Waals surface area contributed by atoms with Crippen LogP contribution in [0.3, 0.4) is 0 Å². The van der Waals surface area contributed by atoms with E-state index in [-0.39, 0.29) is 11.7 Å². The van der Waals surface area contributed by atoms with Crippen molar-refractivity contribution in [3.05, 3.63) is 42.5 Å². The normalized spacial score (nSPS) is 11.8. The summed E-state index contributed by atoms with van der Waals surface area (Å²) in [6, 6.07) is 6.27. The van der Waals surface area contributed by atoms with Crippen molar-refractivity contribution in [1.29, 1.82) is 0 Å². The number of hydrogen-bond acceptors (Lipinski definition) is 2. The van der Waals surface area contributed by atoms with E-state index in [1.807, 2.05) is 6.92 Å². The zero-order valence-electron chi connectivity index (χ0n) is 7.93. The number of carboxylic acid groups (broad SMARTS) is 1. The molecule has 0 aliphatic carbocycles. The molecule has 1 unspecified atom stereocenters. The smallest absolute Gasteiger partial charge is 0.335 e. The molecule has 0 aliphatic rings. The molecule has 0 aliphatic heterocycles. The fraction of sp³-hybridized carbons (Fsp3) is 0.182. The standard InChI is InChI=1S/C11H12O3/c1-3-8(2)14-10-6-4-9(5-7-10)11(12)13/h3-8H,1H2,2H3,(H,12,13). The average Bonchev–Trinajstić information content (AvgIpc) is 2.18. The number of benzene rings is 1. The molecule has 1 N–H and O–H groups in total. The molecular formula is C11H12O3. The highest BCUT2D eigenvalue weighted by atomic mass is 16.5. The van der Waals surface area contributed by atoms with Gasteiger partial charge >= 0.3 is 5.97 Å². The van der Waals surface area contributed by atoms with Gasteiger partial charge in [0.1, 0.15) is 11.9 Å². The van der Waals surface area contributed by atoms with Crippen LogP contribution in [0.4, 0.5) is 0 Å². The lowest BCUT2D eigenvalue weighted by Gasteiger charge is -2.09. The Balaban J connectivity index is 2.73. The highest BCUT2D eigenvalue weighted by molar-refractivity contribution is 5.87. The number of aromatic carboxylic acids is 1. The summed E-state index contributed by atoms with van der Waals surface area (Å²) in [5, 5.41) is 8.65. The summed E-state index contributed by atoms with van der Waals surface area (Å²) in [6.07, 6.45) is 1.59. The van der Waals surface area contributed by atoms with Crippen LogP contribution >= 0.6 is 0 Å². The van der Waals surface area contributed by atoms with Crippen LogP contribution in [-0.4, -0.2) is 17.2 Å². The molecule has 74 valence electrons. The SMILES string of the molecule is C=CC(C)Oc1ccc(C(=O)O)cc1. The van der Waals surface area contributed by atoms with Crippen LogP contribution in [-0.2, 0) is 0 Å². The zero-order valence-corrected chi connectivity index (χ0v) is 7.93. The van der Waals surface area contributed by atoms with Crippen LogP contribution in [0.15, 0.2) is 36.9 Å². The molecule has 3 heteroatoms. The third-order valence-electron chi connectivity index (χ3n) is 1.76. The molecule has 3 nitrogen and oxygen atoms in total. The van der Waals surface area contributed by atoms with E-state index >= 15 is 0 Å². The van der Waals surface area contributed by atoms with E-state index < -0.39 is 5.97 Å². The monoisotopic (exact) mass is 192 g/mol. The Labute approximate surface area is 82.6 Å². The summed E-state index contributed by atoms with van der Waals surface area (Å²) in [5.41, 5.74) is 0.253. The van der Waals surface area contributed by atoms with Crippen LogP contribution in [0.5, 0.6) is 5.75 Å². The number of carbonyl (C=O) groups is 1. The van der Waals surface area contributed by atoms with Gasteiger partial charge in [-0.25, -0.2) is 4.79 Å². The summed E-state index contributed by atoms with van der Waals surface area (Å²) in [7, 11) is 0. The maximum Gasteiger partial charge on any atom is 0.335 e. The van der Waals surface area contributed by atoms with Crippen molar-refractivity contribution < 1.29 is 14.6 Å². The number of hydrogen-bond donors (Lipinski definition) is 1. The maximum absolute atomic E-state index is 10.5. The predicted octanol–water partition coefficient (Wildman–Crippen LogP) is 2.34. The molecule has 0 bridgehead atoms. The molecule has 1 aromatic carbocycles. The second-order valence-electron chi connectivity index (χ2n) is 2.89. The van der Waals surface area contributed by atoms with Gasteiger partial charge in [-0.2, -0.15) is 0 Å². The minimum Gasteiger partial charge on any atom is -0.487 e. The van der Waals surface area contributed by atoms with E-state index in [0.717, 1.165) is 0 Å². The van der Waals surface area contributed by atoms with Gasteiger partial charge in [0, 0.05) is 0 Å². The van der Waals surface area contributed by atoms with Crippen molar-refractivity contribution in [3.63, 3.8) is 0 Å². The van der Waals surface area contributed by atoms with E-state index in [4.69, 9.17) is 9.84 Å². The highest BCUT2D eigenvalue weighted by Crippen LogP contribution is 2.13. The Morgan fingerprint density at radius 3 is 2.50 bits per heavy atom. The predicted molar refractivity (Wildman–Crippen MR) is 53.7 cm³/mol. The Morgan fingerprint density at radius 2 is 2.07 bits per heavy atom. The Morgan fingerprint density at radius 1 is 1.50 bits per heavy atom. The zero-order chi connectivity index (χ0) is 10.6. The van der Waals surface area contributed by atoms with Gasteiger partial charge in [-0.1, -0.05) is 12.7 Å². The average molecular weight is 192 g/mol. The largest absolute Gasteiger partial charge is 0.487 e. The third-order valence-corrected chi connectivity index (χ3v) is 1.76. The first-order valence-corrected chi connectivity index (χ1v) is 4.26. The van der Waals surface area contributed by atoms with E-state index in [9.17, 15) is 4.79 Å². The van der Waals surface area contributed by atoms with Gasteiger partial charge in [-0.3, -0.25) is 0 Å². The van der Waals surface area contributed by atoms with Crippen LogP contribution in [0.2, 0.25) is 0 Å². The van der Waals surface area contributed by atoms with Gasteiger partial charge in [0.15, 0.2) is 0 Å². The first kappa shape index (κ1) is 10.3. The molecule has 0 aromatic heterocycles. The summed E-state index contributed by atoms with van der Waals surface area (Å²) in [5.74, 6) is -0.296.